The topological polar surface area (TPSA) is 30.5 Å². The van der Waals surface area contributed by atoms with E-state index in [4.69, 9.17) is 21.1 Å². The molecule has 0 saturated carbocycles. The Morgan fingerprint density at radius 1 is 1.05 bits per heavy atom. The molecule has 0 bridgehead atoms. The second-order valence-electron chi connectivity index (χ2n) is 4.17. The highest BCUT2D eigenvalue weighted by atomic mass is 35.5. The first-order chi connectivity index (χ1) is 9.63. The van der Waals surface area contributed by atoms with Gasteiger partial charge in [0, 0.05) is 11.6 Å². The van der Waals surface area contributed by atoms with Crippen molar-refractivity contribution in [3.8, 4) is 11.5 Å². The molecule has 2 aromatic carbocycles. The van der Waals surface area contributed by atoms with E-state index in [0.717, 1.165) is 5.56 Å². The maximum atomic E-state index is 13.6. The van der Waals surface area contributed by atoms with Gasteiger partial charge in [-0.3, -0.25) is 0 Å². The van der Waals surface area contributed by atoms with E-state index in [-0.39, 0.29) is 5.82 Å². The lowest BCUT2D eigenvalue weighted by Crippen LogP contribution is -2.02. The molecule has 0 heterocycles. The van der Waals surface area contributed by atoms with E-state index < -0.39 is 0 Å². The third-order valence-electron chi connectivity index (χ3n) is 2.86. The van der Waals surface area contributed by atoms with E-state index in [2.05, 4.69) is 5.32 Å². The number of hydrogen-bond donors (Lipinski definition) is 1. The monoisotopic (exact) mass is 295 g/mol. The summed E-state index contributed by atoms with van der Waals surface area (Å²) in [6, 6.07) is 9.94. The molecule has 0 aliphatic carbocycles. The van der Waals surface area contributed by atoms with Crippen molar-refractivity contribution >= 4 is 17.3 Å². The molecule has 0 amide bonds. The van der Waals surface area contributed by atoms with Gasteiger partial charge < -0.3 is 14.8 Å². The van der Waals surface area contributed by atoms with Gasteiger partial charge in [0.2, 0.25) is 0 Å². The Morgan fingerprint density at radius 2 is 1.80 bits per heavy atom. The van der Waals surface area contributed by atoms with E-state index in [1.807, 2.05) is 18.2 Å². The van der Waals surface area contributed by atoms with Crippen molar-refractivity contribution in [2.45, 2.75) is 6.54 Å². The van der Waals surface area contributed by atoms with Gasteiger partial charge in [-0.2, -0.15) is 0 Å². The zero-order chi connectivity index (χ0) is 14.5. The fourth-order valence-electron chi connectivity index (χ4n) is 1.82. The molecule has 1 N–H and O–H groups in total. The molecule has 106 valence electrons. The van der Waals surface area contributed by atoms with Crippen molar-refractivity contribution in [3.63, 3.8) is 0 Å². The van der Waals surface area contributed by atoms with Crippen molar-refractivity contribution in [2.24, 2.45) is 0 Å². The van der Waals surface area contributed by atoms with E-state index in [0.29, 0.717) is 28.8 Å². The summed E-state index contributed by atoms with van der Waals surface area (Å²) in [6.07, 6.45) is 0. The number of nitrogens with one attached hydrogen (secondary N) is 1. The van der Waals surface area contributed by atoms with Gasteiger partial charge in [-0.1, -0.05) is 17.7 Å². The summed E-state index contributed by atoms with van der Waals surface area (Å²) in [4.78, 5) is 0. The Labute approximate surface area is 122 Å². The van der Waals surface area contributed by atoms with Crippen LogP contribution in [0.1, 0.15) is 5.56 Å². The minimum Gasteiger partial charge on any atom is -0.493 e. The van der Waals surface area contributed by atoms with E-state index in [1.54, 1.807) is 20.3 Å². The highest BCUT2D eigenvalue weighted by Crippen LogP contribution is 2.28. The highest BCUT2D eigenvalue weighted by Gasteiger charge is 2.06. The lowest BCUT2D eigenvalue weighted by Gasteiger charge is -2.11. The van der Waals surface area contributed by atoms with Crippen molar-refractivity contribution < 1.29 is 13.9 Å². The molecular weight excluding hydrogens is 281 g/mol. The van der Waals surface area contributed by atoms with Gasteiger partial charge >= 0.3 is 0 Å². The average Bonchev–Trinajstić information content (AvgIpc) is 2.47. The van der Waals surface area contributed by atoms with Gasteiger partial charge in [0.05, 0.1) is 19.9 Å². The smallest absolute Gasteiger partial charge is 0.161 e. The van der Waals surface area contributed by atoms with Gasteiger partial charge in [0.1, 0.15) is 5.82 Å². The fourth-order valence-corrected chi connectivity index (χ4v) is 1.99. The normalized spacial score (nSPS) is 10.2. The summed E-state index contributed by atoms with van der Waals surface area (Å²) >= 11 is 5.84. The summed E-state index contributed by atoms with van der Waals surface area (Å²) in [7, 11) is 3.16. The quantitative estimate of drug-likeness (QED) is 0.900. The van der Waals surface area contributed by atoms with Crippen LogP contribution in [0.4, 0.5) is 10.1 Å². The van der Waals surface area contributed by atoms with Crippen molar-refractivity contribution in [3.05, 3.63) is 52.8 Å². The molecule has 5 heteroatoms. The summed E-state index contributed by atoms with van der Waals surface area (Å²) in [6.45, 7) is 0.456. The lowest BCUT2D eigenvalue weighted by atomic mass is 10.2. The molecule has 0 spiro atoms. The molecule has 2 aromatic rings. The van der Waals surface area contributed by atoms with Crippen LogP contribution in [0.5, 0.6) is 11.5 Å². The van der Waals surface area contributed by atoms with Crippen LogP contribution in [0.25, 0.3) is 0 Å². The van der Waals surface area contributed by atoms with Gasteiger partial charge in [-0.25, -0.2) is 4.39 Å². The van der Waals surface area contributed by atoms with Gasteiger partial charge in [-0.05, 0) is 35.9 Å². The van der Waals surface area contributed by atoms with Crippen LogP contribution < -0.4 is 14.8 Å². The summed E-state index contributed by atoms with van der Waals surface area (Å²) in [5.74, 6) is 0.957. The van der Waals surface area contributed by atoms with E-state index >= 15 is 0 Å². The molecule has 0 saturated heterocycles. The molecular formula is C15H15ClFNO2. The van der Waals surface area contributed by atoms with E-state index in [9.17, 15) is 4.39 Å². The predicted octanol–water partition coefficient (Wildman–Crippen LogP) is 4.11. The SMILES string of the molecule is COc1ccc(CNc2cc(Cl)ccc2F)cc1OC. The largest absolute Gasteiger partial charge is 0.493 e. The summed E-state index contributed by atoms with van der Waals surface area (Å²) < 4.78 is 24.0. The summed E-state index contributed by atoms with van der Waals surface area (Å²) in [5, 5.41) is 3.49. The molecule has 0 aliphatic heterocycles. The number of ether oxygens (including phenoxy) is 2. The van der Waals surface area contributed by atoms with Crippen molar-refractivity contribution in [2.75, 3.05) is 19.5 Å². The number of benzene rings is 2. The second kappa shape index (κ2) is 6.48. The fraction of sp³-hybridized carbons (Fsp3) is 0.200. The molecule has 0 aliphatic rings. The molecule has 0 atom stereocenters. The van der Waals surface area contributed by atoms with Crippen LogP contribution in [0.15, 0.2) is 36.4 Å². The van der Waals surface area contributed by atoms with Gasteiger partial charge in [-0.15, -0.1) is 0 Å². The minimum absolute atomic E-state index is 0.338. The molecule has 0 aromatic heterocycles. The standard InChI is InChI=1S/C15H15ClFNO2/c1-19-14-6-3-10(7-15(14)20-2)9-18-13-8-11(16)4-5-12(13)17/h3-8,18H,9H2,1-2H3. The number of hydrogen-bond acceptors (Lipinski definition) is 3. The zero-order valence-corrected chi connectivity index (χ0v) is 12.0. The Bertz CT molecular complexity index is 604. The van der Waals surface area contributed by atoms with Crippen LogP contribution >= 0.6 is 11.6 Å². The van der Waals surface area contributed by atoms with Gasteiger partial charge in [0.25, 0.3) is 0 Å². The Kier molecular flexibility index (Phi) is 4.69. The van der Waals surface area contributed by atoms with Crippen LogP contribution in [0, 0.1) is 5.82 Å². The number of methoxy groups -OCH3 is 2. The molecule has 0 fully saturated rings. The molecule has 0 radical (unpaired) electrons. The highest BCUT2D eigenvalue weighted by molar-refractivity contribution is 6.30. The maximum Gasteiger partial charge on any atom is 0.161 e. The Balaban J connectivity index is 2.12. The first-order valence-electron chi connectivity index (χ1n) is 6.04. The first-order valence-corrected chi connectivity index (χ1v) is 6.41. The maximum absolute atomic E-state index is 13.6. The molecule has 20 heavy (non-hydrogen) atoms. The number of rotatable bonds is 5. The molecule has 0 unspecified atom stereocenters. The lowest BCUT2D eigenvalue weighted by molar-refractivity contribution is 0.354. The van der Waals surface area contributed by atoms with Crippen molar-refractivity contribution in [1.82, 2.24) is 0 Å². The third kappa shape index (κ3) is 3.33. The van der Waals surface area contributed by atoms with Crippen LogP contribution in [-0.4, -0.2) is 14.2 Å². The number of halogens is 2. The third-order valence-corrected chi connectivity index (χ3v) is 3.09. The van der Waals surface area contributed by atoms with Crippen LogP contribution in [0.3, 0.4) is 0 Å². The van der Waals surface area contributed by atoms with E-state index in [1.165, 1.54) is 12.1 Å². The minimum atomic E-state index is -0.338. The van der Waals surface area contributed by atoms with Gasteiger partial charge in [0.15, 0.2) is 11.5 Å². The van der Waals surface area contributed by atoms with Crippen molar-refractivity contribution in [1.29, 1.82) is 0 Å². The summed E-state index contributed by atoms with van der Waals surface area (Å²) in [5.41, 5.74) is 1.31. The molecule has 3 nitrogen and oxygen atoms in total. The Morgan fingerprint density at radius 3 is 2.50 bits per heavy atom. The Hall–Kier alpha value is -1.94. The van der Waals surface area contributed by atoms with Crippen LogP contribution in [-0.2, 0) is 6.54 Å². The second-order valence-corrected chi connectivity index (χ2v) is 4.60. The van der Waals surface area contributed by atoms with Crippen LogP contribution in [0.2, 0.25) is 5.02 Å². The molecule has 2 rings (SSSR count). The number of anilines is 1. The average molecular weight is 296 g/mol. The predicted molar refractivity (Wildman–Crippen MR) is 78.3 cm³/mol. The first kappa shape index (κ1) is 14.5. The zero-order valence-electron chi connectivity index (χ0n) is 11.2.